The Bertz CT molecular complexity index is 1230. The van der Waals surface area contributed by atoms with Gasteiger partial charge in [0.1, 0.15) is 6.61 Å². The zero-order chi connectivity index (χ0) is 26.1. The van der Waals surface area contributed by atoms with E-state index in [1.54, 1.807) is 42.5 Å². The summed E-state index contributed by atoms with van der Waals surface area (Å²) in [6.07, 6.45) is -0.781. The molecule has 0 aliphatic rings. The van der Waals surface area contributed by atoms with Crippen molar-refractivity contribution in [3.05, 3.63) is 106 Å². The maximum atomic E-state index is 13.1. The average Bonchev–Trinajstić information content (AvgIpc) is 2.87. The number of carbonyl (C=O) groups excluding carboxylic acids is 3. The van der Waals surface area contributed by atoms with Gasteiger partial charge >= 0.3 is 6.09 Å². The zero-order valence-electron chi connectivity index (χ0n) is 19.7. The molecule has 0 spiro atoms. The monoisotopic (exact) mass is 507 g/mol. The molecule has 1 atom stereocenters. The summed E-state index contributed by atoms with van der Waals surface area (Å²) in [6, 6.07) is 21.0. The van der Waals surface area contributed by atoms with Gasteiger partial charge in [0.15, 0.2) is 11.2 Å². The van der Waals surface area contributed by atoms with Crippen molar-refractivity contribution >= 4 is 40.9 Å². The standard InChI is InChI=1S/C26H25N3O6S/c1-17(2)36-25(28-26(32)35-16-18-9-5-3-6-10-18)24(31)27-22-14-13-20(29(33)34)15-21(22)23(30)19-11-7-4-8-12-19/h3-15,17,25H,16H2,1-2H3,(H,27,31)(H,28,32). The lowest BCUT2D eigenvalue weighted by atomic mass is 10.0. The molecule has 2 amide bonds. The summed E-state index contributed by atoms with van der Waals surface area (Å²) in [4.78, 5) is 49.3. The van der Waals surface area contributed by atoms with Crippen LogP contribution < -0.4 is 10.6 Å². The lowest BCUT2D eigenvalue weighted by Gasteiger charge is -2.20. The molecule has 1 unspecified atom stereocenters. The van der Waals surface area contributed by atoms with Gasteiger partial charge in [-0.2, -0.15) is 0 Å². The van der Waals surface area contributed by atoms with E-state index >= 15 is 0 Å². The molecule has 0 heterocycles. The second-order valence-electron chi connectivity index (χ2n) is 7.94. The van der Waals surface area contributed by atoms with Gasteiger partial charge in [0.2, 0.25) is 0 Å². The summed E-state index contributed by atoms with van der Waals surface area (Å²) in [5, 5.41) is 15.4. The van der Waals surface area contributed by atoms with Crippen molar-refractivity contribution < 1.29 is 24.0 Å². The number of rotatable bonds is 10. The van der Waals surface area contributed by atoms with E-state index in [0.29, 0.717) is 5.56 Å². The molecule has 0 aliphatic heterocycles. The van der Waals surface area contributed by atoms with Crippen LogP contribution in [0.3, 0.4) is 0 Å². The number of nitrogens with one attached hydrogen (secondary N) is 2. The third-order valence-corrected chi connectivity index (χ3v) is 6.01. The molecule has 10 heteroatoms. The number of hydrogen-bond acceptors (Lipinski definition) is 7. The highest BCUT2D eigenvalue weighted by molar-refractivity contribution is 8.01. The van der Waals surface area contributed by atoms with Gasteiger partial charge in [0.25, 0.3) is 11.6 Å². The molecule has 9 nitrogen and oxygen atoms in total. The number of ketones is 1. The van der Waals surface area contributed by atoms with E-state index in [9.17, 15) is 24.5 Å². The summed E-state index contributed by atoms with van der Waals surface area (Å²) < 4.78 is 5.23. The van der Waals surface area contributed by atoms with Crippen LogP contribution >= 0.6 is 11.8 Å². The normalized spacial score (nSPS) is 11.4. The van der Waals surface area contributed by atoms with E-state index in [1.165, 1.54) is 23.9 Å². The first-order valence-electron chi connectivity index (χ1n) is 11.1. The Morgan fingerprint density at radius 1 is 0.972 bits per heavy atom. The number of nitrogens with zero attached hydrogens (tertiary/aromatic N) is 1. The molecule has 0 saturated carbocycles. The number of nitro benzene ring substituents is 1. The highest BCUT2D eigenvalue weighted by Crippen LogP contribution is 2.26. The largest absolute Gasteiger partial charge is 0.445 e. The van der Waals surface area contributed by atoms with Crippen LogP contribution in [0.25, 0.3) is 0 Å². The summed E-state index contributed by atoms with van der Waals surface area (Å²) in [7, 11) is 0. The van der Waals surface area contributed by atoms with Crippen LogP contribution in [-0.2, 0) is 16.1 Å². The Hall–Kier alpha value is -4.18. The minimum atomic E-state index is -1.04. The number of carbonyl (C=O) groups is 3. The lowest BCUT2D eigenvalue weighted by Crippen LogP contribution is -2.42. The van der Waals surface area contributed by atoms with Gasteiger partial charge < -0.3 is 15.4 Å². The first-order valence-corrected chi connectivity index (χ1v) is 12.0. The van der Waals surface area contributed by atoms with Gasteiger partial charge in [-0.25, -0.2) is 4.79 Å². The Labute approximate surface area is 212 Å². The maximum absolute atomic E-state index is 13.1. The molecule has 0 fully saturated rings. The molecular weight excluding hydrogens is 482 g/mol. The summed E-state index contributed by atoms with van der Waals surface area (Å²) >= 11 is 1.18. The number of hydrogen-bond donors (Lipinski definition) is 2. The first-order chi connectivity index (χ1) is 17.2. The van der Waals surface area contributed by atoms with Crippen molar-refractivity contribution in [3.63, 3.8) is 0 Å². The number of ether oxygens (including phenoxy) is 1. The Balaban J connectivity index is 1.80. The molecule has 186 valence electrons. The summed E-state index contributed by atoms with van der Waals surface area (Å²) in [5.41, 5.74) is 0.865. The number of amides is 2. The number of alkyl carbamates (subject to hydrolysis) is 1. The van der Waals surface area contributed by atoms with E-state index in [1.807, 2.05) is 32.0 Å². The zero-order valence-corrected chi connectivity index (χ0v) is 20.5. The van der Waals surface area contributed by atoms with E-state index < -0.39 is 28.1 Å². The highest BCUT2D eigenvalue weighted by Gasteiger charge is 2.26. The Morgan fingerprint density at radius 2 is 1.61 bits per heavy atom. The molecule has 3 aromatic rings. The second-order valence-corrected chi connectivity index (χ2v) is 9.63. The predicted molar refractivity (Wildman–Crippen MR) is 138 cm³/mol. The number of anilines is 1. The van der Waals surface area contributed by atoms with Crippen molar-refractivity contribution in [1.82, 2.24) is 5.32 Å². The molecule has 0 bridgehead atoms. The molecule has 0 saturated heterocycles. The van der Waals surface area contributed by atoms with Crippen molar-refractivity contribution in [1.29, 1.82) is 0 Å². The van der Waals surface area contributed by atoms with Crippen LogP contribution in [0.5, 0.6) is 0 Å². The van der Waals surface area contributed by atoms with Gasteiger partial charge in [-0.1, -0.05) is 74.5 Å². The van der Waals surface area contributed by atoms with Crippen LogP contribution in [0.4, 0.5) is 16.2 Å². The van der Waals surface area contributed by atoms with Crippen LogP contribution in [0.1, 0.15) is 35.3 Å². The lowest BCUT2D eigenvalue weighted by molar-refractivity contribution is -0.384. The summed E-state index contributed by atoms with van der Waals surface area (Å²) in [6.45, 7) is 3.75. The fourth-order valence-electron chi connectivity index (χ4n) is 3.19. The van der Waals surface area contributed by atoms with Crippen LogP contribution in [-0.4, -0.2) is 33.3 Å². The molecule has 0 aliphatic carbocycles. The number of benzene rings is 3. The van der Waals surface area contributed by atoms with Crippen molar-refractivity contribution in [3.8, 4) is 0 Å². The Kier molecular flexibility index (Phi) is 9.18. The third kappa shape index (κ3) is 7.41. The van der Waals surface area contributed by atoms with E-state index in [4.69, 9.17) is 4.74 Å². The molecule has 0 radical (unpaired) electrons. The highest BCUT2D eigenvalue weighted by atomic mass is 32.2. The third-order valence-electron chi connectivity index (χ3n) is 4.86. The SMILES string of the molecule is CC(C)SC(NC(=O)OCc1ccccc1)C(=O)Nc1ccc([N+](=O)[O-])cc1C(=O)c1ccccc1. The molecule has 3 rings (SSSR count). The van der Waals surface area contributed by atoms with Gasteiger partial charge in [-0.05, 0) is 11.6 Å². The predicted octanol–water partition coefficient (Wildman–Crippen LogP) is 5.16. The maximum Gasteiger partial charge on any atom is 0.408 e. The average molecular weight is 508 g/mol. The fraction of sp³-hybridized carbons (Fsp3) is 0.192. The van der Waals surface area contributed by atoms with Gasteiger partial charge in [0, 0.05) is 22.9 Å². The van der Waals surface area contributed by atoms with Gasteiger partial charge in [-0.15, -0.1) is 11.8 Å². The topological polar surface area (TPSA) is 128 Å². The van der Waals surface area contributed by atoms with Crippen LogP contribution in [0.15, 0.2) is 78.9 Å². The van der Waals surface area contributed by atoms with E-state index in [2.05, 4.69) is 10.6 Å². The first kappa shape index (κ1) is 26.4. The second kappa shape index (κ2) is 12.5. The van der Waals surface area contributed by atoms with Gasteiger partial charge in [-0.3, -0.25) is 19.7 Å². The fourth-order valence-corrected chi connectivity index (χ4v) is 4.08. The number of nitro groups is 1. The summed E-state index contributed by atoms with van der Waals surface area (Å²) in [5.74, 6) is -1.10. The van der Waals surface area contributed by atoms with Gasteiger partial charge in [0.05, 0.1) is 16.2 Å². The van der Waals surface area contributed by atoms with Crippen molar-refractivity contribution in [2.75, 3.05) is 5.32 Å². The minimum Gasteiger partial charge on any atom is -0.445 e. The van der Waals surface area contributed by atoms with Crippen LogP contribution in [0.2, 0.25) is 0 Å². The molecule has 3 aromatic carbocycles. The molecule has 0 aromatic heterocycles. The minimum absolute atomic E-state index is 0.0301. The smallest absolute Gasteiger partial charge is 0.408 e. The number of thioether (sulfide) groups is 1. The Morgan fingerprint density at radius 3 is 2.22 bits per heavy atom. The van der Waals surface area contributed by atoms with E-state index in [0.717, 1.165) is 11.6 Å². The quantitative estimate of drug-likeness (QED) is 0.168. The van der Waals surface area contributed by atoms with Crippen molar-refractivity contribution in [2.45, 2.75) is 31.1 Å². The molecular formula is C26H25N3O6S. The van der Waals surface area contributed by atoms with E-state index in [-0.39, 0.29) is 28.8 Å². The van der Waals surface area contributed by atoms with Crippen molar-refractivity contribution in [2.24, 2.45) is 0 Å². The number of non-ortho nitro benzene ring substituents is 1. The molecule has 36 heavy (non-hydrogen) atoms. The van der Waals surface area contributed by atoms with Crippen LogP contribution in [0, 0.1) is 10.1 Å². The molecule has 2 N–H and O–H groups in total.